The summed E-state index contributed by atoms with van der Waals surface area (Å²) in [6, 6.07) is 0. The van der Waals surface area contributed by atoms with Crippen LogP contribution in [0.3, 0.4) is 0 Å². The number of hydrogen-bond donors (Lipinski definition) is 0. The molecule has 1 rings (SSSR count). The summed E-state index contributed by atoms with van der Waals surface area (Å²) in [6.45, 7) is 11.9. The van der Waals surface area contributed by atoms with Crippen molar-refractivity contribution in [2.24, 2.45) is 16.7 Å². The third-order valence-electron chi connectivity index (χ3n) is 3.69. The summed E-state index contributed by atoms with van der Waals surface area (Å²) in [5.74, 6) is 0.833. The Bertz CT molecular complexity index is 126. The minimum atomic E-state index is 0.516. The van der Waals surface area contributed by atoms with Crippen molar-refractivity contribution < 1.29 is 0 Å². The Morgan fingerprint density at radius 1 is 1.00 bits per heavy atom. The van der Waals surface area contributed by atoms with Crippen LogP contribution >= 0.6 is 0 Å². The predicted octanol–water partition coefficient (Wildman–Crippen LogP) is 3.67. The van der Waals surface area contributed by atoms with Gasteiger partial charge in [-0.1, -0.05) is 34.6 Å². The largest absolute Gasteiger partial charge is 0.0615 e. The molecule has 1 aliphatic rings. The minimum absolute atomic E-state index is 0.516. The van der Waals surface area contributed by atoms with Gasteiger partial charge in [-0.25, -0.2) is 0 Å². The Labute approximate surface area is 71.4 Å². The maximum atomic E-state index is 2.46. The topological polar surface area (TPSA) is 0 Å². The quantitative estimate of drug-likeness (QED) is 0.498. The van der Waals surface area contributed by atoms with E-state index in [-0.39, 0.29) is 0 Å². The van der Waals surface area contributed by atoms with Crippen molar-refractivity contribution in [2.75, 3.05) is 0 Å². The van der Waals surface area contributed by atoms with Crippen LogP contribution < -0.4 is 0 Å². The SMILES string of the molecule is CC1C(C)(C)C[CH]CC1(C)C. The molecule has 0 heteroatoms. The molecule has 0 aromatic heterocycles. The van der Waals surface area contributed by atoms with Gasteiger partial charge in [0.2, 0.25) is 0 Å². The summed E-state index contributed by atoms with van der Waals surface area (Å²) in [5, 5.41) is 0. The summed E-state index contributed by atoms with van der Waals surface area (Å²) < 4.78 is 0. The fourth-order valence-corrected chi connectivity index (χ4v) is 2.23. The average Bonchev–Trinajstić information content (AvgIpc) is 1.82. The predicted molar refractivity (Wildman–Crippen MR) is 50.3 cm³/mol. The fraction of sp³-hybridized carbons (Fsp3) is 0.909. The second-order valence-corrected chi connectivity index (χ2v) is 5.40. The first-order valence-corrected chi connectivity index (χ1v) is 4.68. The molecular weight excluding hydrogens is 132 g/mol. The third-order valence-corrected chi connectivity index (χ3v) is 3.69. The van der Waals surface area contributed by atoms with Crippen molar-refractivity contribution >= 4 is 0 Å². The van der Waals surface area contributed by atoms with E-state index < -0.39 is 0 Å². The van der Waals surface area contributed by atoms with Gasteiger partial charge in [-0.3, -0.25) is 0 Å². The Balaban J connectivity index is 2.76. The number of hydrogen-bond acceptors (Lipinski definition) is 0. The van der Waals surface area contributed by atoms with Crippen molar-refractivity contribution in [3.8, 4) is 0 Å². The Hall–Kier alpha value is 0. The molecule has 0 amide bonds. The molecule has 0 aliphatic heterocycles. The molecule has 0 unspecified atom stereocenters. The lowest BCUT2D eigenvalue weighted by Gasteiger charge is -2.47. The summed E-state index contributed by atoms with van der Waals surface area (Å²) in [6.07, 6.45) is 5.04. The standard InChI is InChI=1S/C11H21/c1-9-10(2,3)7-6-8-11(9,4)5/h6,9H,7-8H2,1-5H3. The summed E-state index contributed by atoms with van der Waals surface area (Å²) in [4.78, 5) is 0. The second kappa shape index (κ2) is 2.50. The van der Waals surface area contributed by atoms with Gasteiger partial charge in [-0.2, -0.15) is 0 Å². The summed E-state index contributed by atoms with van der Waals surface area (Å²) in [7, 11) is 0. The first kappa shape index (κ1) is 9.09. The molecule has 0 N–H and O–H groups in total. The van der Waals surface area contributed by atoms with E-state index in [1.54, 1.807) is 0 Å². The average molecular weight is 153 g/mol. The van der Waals surface area contributed by atoms with Gasteiger partial charge < -0.3 is 0 Å². The van der Waals surface area contributed by atoms with E-state index in [1.807, 2.05) is 0 Å². The lowest BCUT2D eigenvalue weighted by molar-refractivity contribution is 0.0550. The van der Waals surface area contributed by atoms with Crippen LogP contribution in [-0.2, 0) is 0 Å². The molecule has 1 aliphatic carbocycles. The maximum Gasteiger partial charge on any atom is -0.0321 e. The second-order valence-electron chi connectivity index (χ2n) is 5.40. The lowest BCUT2D eigenvalue weighted by Crippen LogP contribution is -2.38. The van der Waals surface area contributed by atoms with Gasteiger partial charge in [-0.05, 0) is 36.0 Å². The van der Waals surface area contributed by atoms with Gasteiger partial charge >= 0.3 is 0 Å². The maximum absolute atomic E-state index is 2.46. The zero-order chi connectivity index (χ0) is 8.70. The highest BCUT2D eigenvalue weighted by molar-refractivity contribution is 4.97. The Morgan fingerprint density at radius 2 is 1.36 bits per heavy atom. The van der Waals surface area contributed by atoms with Crippen LogP contribution in [0.1, 0.15) is 47.5 Å². The van der Waals surface area contributed by atoms with Gasteiger partial charge in [-0.15, -0.1) is 0 Å². The molecule has 11 heavy (non-hydrogen) atoms. The van der Waals surface area contributed by atoms with E-state index in [4.69, 9.17) is 0 Å². The molecule has 1 radical (unpaired) electrons. The van der Waals surface area contributed by atoms with E-state index in [1.165, 1.54) is 12.8 Å². The van der Waals surface area contributed by atoms with E-state index in [0.29, 0.717) is 10.8 Å². The van der Waals surface area contributed by atoms with Crippen molar-refractivity contribution in [1.82, 2.24) is 0 Å². The van der Waals surface area contributed by atoms with E-state index in [0.717, 1.165) is 5.92 Å². The highest BCUT2D eigenvalue weighted by Gasteiger charge is 2.40. The van der Waals surface area contributed by atoms with Crippen LogP contribution in [0, 0.1) is 23.2 Å². The van der Waals surface area contributed by atoms with Gasteiger partial charge in [0.15, 0.2) is 0 Å². The van der Waals surface area contributed by atoms with E-state index in [9.17, 15) is 0 Å². The fourth-order valence-electron chi connectivity index (χ4n) is 2.23. The smallest absolute Gasteiger partial charge is 0.0321 e. The van der Waals surface area contributed by atoms with Crippen LogP contribution in [0.4, 0.5) is 0 Å². The van der Waals surface area contributed by atoms with Gasteiger partial charge in [0.25, 0.3) is 0 Å². The molecule has 1 fully saturated rings. The van der Waals surface area contributed by atoms with Crippen molar-refractivity contribution in [3.63, 3.8) is 0 Å². The van der Waals surface area contributed by atoms with Gasteiger partial charge in [0.1, 0.15) is 0 Å². The molecule has 65 valence electrons. The van der Waals surface area contributed by atoms with Crippen LogP contribution in [0.5, 0.6) is 0 Å². The van der Waals surface area contributed by atoms with Crippen molar-refractivity contribution in [3.05, 3.63) is 6.42 Å². The highest BCUT2D eigenvalue weighted by atomic mass is 14.4. The molecule has 0 aromatic rings. The molecular formula is C11H21. The third kappa shape index (κ3) is 1.60. The van der Waals surface area contributed by atoms with Gasteiger partial charge in [0, 0.05) is 0 Å². The van der Waals surface area contributed by atoms with Crippen LogP contribution in [-0.4, -0.2) is 0 Å². The lowest BCUT2D eigenvalue weighted by atomic mass is 9.58. The normalized spacial score (nSPS) is 30.3. The van der Waals surface area contributed by atoms with E-state index >= 15 is 0 Å². The molecule has 0 saturated heterocycles. The van der Waals surface area contributed by atoms with Crippen LogP contribution in [0.15, 0.2) is 0 Å². The monoisotopic (exact) mass is 153 g/mol. The molecule has 0 aromatic carbocycles. The molecule has 0 nitrogen and oxygen atoms in total. The molecule has 0 spiro atoms. The number of rotatable bonds is 0. The summed E-state index contributed by atoms with van der Waals surface area (Å²) >= 11 is 0. The zero-order valence-corrected chi connectivity index (χ0v) is 8.57. The van der Waals surface area contributed by atoms with Crippen LogP contribution in [0.2, 0.25) is 0 Å². The molecule has 0 bridgehead atoms. The van der Waals surface area contributed by atoms with Crippen molar-refractivity contribution in [1.29, 1.82) is 0 Å². The van der Waals surface area contributed by atoms with Crippen molar-refractivity contribution in [2.45, 2.75) is 47.5 Å². The summed E-state index contributed by atoms with van der Waals surface area (Å²) in [5.41, 5.74) is 1.03. The Morgan fingerprint density at radius 3 is 1.64 bits per heavy atom. The molecule has 0 heterocycles. The van der Waals surface area contributed by atoms with Crippen LogP contribution in [0.25, 0.3) is 0 Å². The minimum Gasteiger partial charge on any atom is -0.0615 e. The first-order valence-electron chi connectivity index (χ1n) is 4.68. The van der Waals surface area contributed by atoms with Gasteiger partial charge in [0.05, 0.1) is 0 Å². The first-order chi connectivity index (χ1) is 4.86. The highest BCUT2D eigenvalue weighted by Crippen LogP contribution is 2.49. The zero-order valence-electron chi connectivity index (χ0n) is 8.57. The van der Waals surface area contributed by atoms with E-state index in [2.05, 4.69) is 41.0 Å². The Kier molecular flexibility index (Phi) is 2.07. The molecule has 1 saturated carbocycles. The molecule has 0 atom stereocenters.